The van der Waals surface area contributed by atoms with E-state index in [2.05, 4.69) is 24.1 Å². The molecule has 0 saturated heterocycles. The molecule has 0 saturated carbocycles. The van der Waals surface area contributed by atoms with E-state index in [0.717, 1.165) is 22.0 Å². The highest BCUT2D eigenvalue weighted by molar-refractivity contribution is 6.31. The standard InChI is InChI=1S/C15H20ClN3O/c1-11(2)18-8-13-14(16)5-4-6-15(13)20-9-12-7-17-10-19(12)3/h4-7,10-11,18H,8-9H2,1-3H3. The number of ether oxygens (including phenoxy) is 1. The second-order valence-corrected chi connectivity index (χ2v) is 5.44. The first-order valence-electron chi connectivity index (χ1n) is 6.66. The maximum Gasteiger partial charge on any atom is 0.130 e. The summed E-state index contributed by atoms with van der Waals surface area (Å²) in [5.41, 5.74) is 2.01. The molecule has 0 unspecified atom stereocenters. The van der Waals surface area contributed by atoms with Crippen LogP contribution in [0.15, 0.2) is 30.7 Å². The van der Waals surface area contributed by atoms with Crippen molar-refractivity contribution in [3.8, 4) is 5.75 Å². The van der Waals surface area contributed by atoms with Crippen molar-refractivity contribution in [2.45, 2.75) is 33.0 Å². The zero-order valence-corrected chi connectivity index (χ0v) is 12.8. The summed E-state index contributed by atoms with van der Waals surface area (Å²) in [6, 6.07) is 6.13. The molecule has 1 aromatic heterocycles. The fourth-order valence-corrected chi connectivity index (χ4v) is 2.06. The smallest absolute Gasteiger partial charge is 0.130 e. The highest BCUT2D eigenvalue weighted by Crippen LogP contribution is 2.27. The molecule has 0 fully saturated rings. The molecule has 0 spiro atoms. The second kappa shape index (κ2) is 6.77. The Kier molecular flexibility index (Phi) is 5.04. The van der Waals surface area contributed by atoms with Crippen molar-refractivity contribution in [3.63, 3.8) is 0 Å². The number of rotatable bonds is 6. The quantitative estimate of drug-likeness (QED) is 0.889. The zero-order valence-electron chi connectivity index (χ0n) is 12.1. The molecule has 0 amide bonds. The second-order valence-electron chi connectivity index (χ2n) is 5.04. The first-order valence-corrected chi connectivity index (χ1v) is 7.04. The van der Waals surface area contributed by atoms with Gasteiger partial charge in [-0.3, -0.25) is 0 Å². The Hall–Kier alpha value is -1.52. The first-order chi connectivity index (χ1) is 9.58. The van der Waals surface area contributed by atoms with Crippen molar-refractivity contribution in [3.05, 3.63) is 47.0 Å². The Morgan fingerprint density at radius 1 is 1.40 bits per heavy atom. The van der Waals surface area contributed by atoms with Gasteiger partial charge in [0.1, 0.15) is 12.4 Å². The summed E-state index contributed by atoms with van der Waals surface area (Å²) in [6.07, 6.45) is 3.56. The number of nitrogens with zero attached hydrogens (tertiary/aromatic N) is 2. The third kappa shape index (κ3) is 3.74. The van der Waals surface area contributed by atoms with Crippen molar-refractivity contribution >= 4 is 11.6 Å². The van der Waals surface area contributed by atoms with Gasteiger partial charge < -0.3 is 14.6 Å². The van der Waals surface area contributed by atoms with Gasteiger partial charge in [0.15, 0.2) is 0 Å². The largest absolute Gasteiger partial charge is 0.487 e. The van der Waals surface area contributed by atoms with E-state index in [9.17, 15) is 0 Å². The molecule has 4 nitrogen and oxygen atoms in total. The van der Waals surface area contributed by atoms with E-state index in [1.54, 1.807) is 12.5 Å². The maximum absolute atomic E-state index is 6.27. The van der Waals surface area contributed by atoms with Gasteiger partial charge in [0, 0.05) is 30.2 Å². The lowest BCUT2D eigenvalue weighted by Crippen LogP contribution is -2.22. The molecule has 20 heavy (non-hydrogen) atoms. The van der Waals surface area contributed by atoms with E-state index in [-0.39, 0.29) is 0 Å². The van der Waals surface area contributed by atoms with Crippen molar-refractivity contribution in [1.82, 2.24) is 14.9 Å². The summed E-state index contributed by atoms with van der Waals surface area (Å²) < 4.78 is 7.83. The fraction of sp³-hybridized carbons (Fsp3) is 0.400. The van der Waals surface area contributed by atoms with Gasteiger partial charge in [-0.05, 0) is 12.1 Å². The average molecular weight is 294 g/mol. The van der Waals surface area contributed by atoms with Crippen LogP contribution in [0.25, 0.3) is 0 Å². The van der Waals surface area contributed by atoms with Gasteiger partial charge in [-0.2, -0.15) is 0 Å². The van der Waals surface area contributed by atoms with Crippen LogP contribution in [0.4, 0.5) is 0 Å². The molecule has 0 aliphatic rings. The number of aromatic nitrogens is 2. The van der Waals surface area contributed by atoms with Crippen LogP contribution < -0.4 is 10.1 Å². The lowest BCUT2D eigenvalue weighted by atomic mass is 10.2. The third-order valence-corrected chi connectivity index (χ3v) is 3.41. The molecule has 1 heterocycles. The predicted molar refractivity (Wildman–Crippen MR) is 81.0 cm³/mol. The van der Waals surface area contributed by atoms with Crippen molar-refractivity contribution in [1.29, 1.82) is 0 Å². The molecular weight excluding hydrogens is 274 g/mol. The highest BCUT2D eigenvalue weighted by atomic mass is 35.5. The summed E-state index contributed by atoms with van der Waals surface area (Å²) >= 11 is 6.27. The summed E-state index contributed by atoms with van der Waals surface area (Å²) in [5, 5.41) is 4.09. The Balaban J connectivity index is 2.10. The summed E-state index contributed by atoms with van der Waals surface area (Å²) in [4.78, 5) is 4.08. The van der Waals surface area contributed by atoms with Gasteiger partial charge >= 0.3 is 0 Å². The summed E-state index contributed by atoms with van der Waals surface area (Å²) in [6.45, 7) is 5.38. The Morgan fingerprint density at radius 3 is 2.85 bits per heavy atom. The van der Waals surface area contributed by atoms with Crippen LogP contribution in [0.1, 0.15) is 25.1 Å². The molecule has 0 aliphatic heterocycles. The summed E-state index contributed by atoms with van der Waals surface area (Å²) in [5.74, 6) is 0.812. The minimum Gasteiger partial charge on any atom is -0.487 e. The monoisotopic (exact) mass is 293 g/mol. The molecule has 108 valence electrons. The molecule has 2 aromatic rings. The molecule has 0 atom stereocenters. The minimum atomic E-state index is 0.399. The van der Waals surface area contributed by atoms with E-state index >= 15 is 0 Å². The Bertz CT molecular complexity index is 566. The highest BCUT2D eigenvalue weighted by Gasteiger charge is 2.09. The van der Waals surface area contributed by atoms with E-state index in [0.29, 0.717) is 19.2 Å². The van der Waals surface area contributed by atoms with Crippen LogP contribution >= 0.6 is 11.6 Å². The third-order valence-electron chi connectivity index (χ3n) is 3.05. The number of hydrogen-bond acceptors (Lipinski definition) is 3. The zero-order chi connectivity index (χ0) is 14.5. The molecule has 0 bridgehead atoms. The van der Waals surface area contributed by atoms with Gasteiger partial charge in [0.25, 0.3) is 0 Å². The fourth-order valence-electron chi connectivity index (χ4n) is 1.83. The molecular formula is C15H20ClN3O. The van der Waals surface area contributed by atoms with Gasteiger partial charge in [-0.15, -0.1) is 0 Å². The summed E-state index contributed by atoms with van der Waals surface area (Å²) in [7, 11) is 1.95. The van der Waals surface area contributed by atoms with Crippen LogP contribution in [-0.4, -0.2) is 15.6 Å². The number of nitrogens with one attached hydrogen (secondary N) is 1. The molecule has 5 heteroatoms. The van der Waals surface area contributed by atoms with Crippen LogP contribution in [-0.2, 0) is 20.2 Å². The number of imidazole rings is 1. The van der Waals surface area contributed by atoms with Crippen LogP contribution in [0.5, 0.6) is 5.75 Å². The van der Waals surface area contributed by atoms with Crippen LogP contribution in [0.3, 0.4) is 0 Å². The minimum absolute atomic E-state index is 0.399. The van der Waals surface area contributed by atoms with Gasteiger partial charge in [0.2, 0.25) is 0 Å². The number of hydrogen-bond donors (Lipinski definition) is 1. The lowest BCUT2D eigenvalue weighted by molar-refractivity contribution is 0.293. The Labute approximate surface area is 124 Å². The van der Waals surface area contributed by atoms with Crippen molar-refractivity contribution in [2.75, 3.05) is 0 Å². The molecule has 0 aliphatic carbocycles. The number of aryl methyl sites for hydroxylation is 1. The van der Waals surface area contributed by atoms with Gasteiger partial charge in [-0.1, -0.05) is 31.5 Å². The van der Waals surface area contributed by atoms with Gasteiger partial charge in [0.05, 0.1) is 18.2 Å². The topological polar surface area (TPSA) is 39.1 Å². The van der Waals surface area contributed by atoms with Crippen LogP contribution in [0, 0.1) is 0 Å². The SMILES string of the molecule is CC(C)NCc1c(Cl)cccc1OCc1cncn1C. The molecule has 0 radical (unpaired) electrons. The lowest BCUT2D eigenvalue weighted by Gasteiger charge is -2.15. The van der Waals surface area contributed by atoms with Gasteiger partial charge in [-0.25, -0.2) is 4.98 Å². The normalized spacial score (nSPS) is 11.1. The maximum atomic E-state index is 6.27. The van der Waals surface area contributed by atoms with Crippen LogP contribution in [0.2, 0.25) is 5.02 Å². The average Bonchev–Trinajstić information content (AvgIpc) is 2.80. The molecule has 2 rings (SSSR count). The van der Waals surface area contributed by atoms with E-state index in [1.807, 2.05) is 29.8 Å². The molecule has 1 N–H and O–H groups in total. The Morgan fingerprint density at radius 2 is 2.20 bits per heavy atom. The molecule has 1 aromatic carbocycles. The van der Waals surface area contributed by atoms with Crippen molar-refractivity contribution in [2.24, 2.45) is 7.05 Å². The first kappa shape index (κ1) is 14.9. The van der Waals surface area contributed by atoms with E-state index in [1.165, 1.54) is 0 Å². The van der Waals surface area contributed by atoms with E-state index in [4.69, 9.17) is 16.3 Å². The van der Waals surface area contributed by atoms with Crippen molar-refractivity contribution < 1.29 is 4.74 Å². The van der Waals surface area contributed by atoms with E-state index < -0.39 is 0 Å². The predicted octanol–water partition coefficient (Wildman–Crippen LogP) is 3.15. The number of benzene rings is 1. The number of halogens is 1.